The van der Waals surface area contributed by atoms with Crippen LogP contribution in [0.5, 0.6) is 0 Å². The monoisotopic (exact) mass is 478 g/mol. The molecule has 29 heavy (non-hydrogen) atoms. The SMILES string of the molecule is CCCCCCCCC(CCCCCCCCF)OC(=O)CCCCCCCBr. The number of ether oxygens (including phenoxy) is 1. The van der Waals surface area contributed by atoms with E-state index in [9.17, 15) is 9.18 Å². The third-order valence-electron chi connectivity index (χ3n) is 5.60. The lowest BCUT2D eigenvalue weighted by Gasteiger charge is -2.18. The van der Waals surface area contributed by atoms with E-state index in [0.29, 0.717) is 12.8 Å². The van der Waals surface area contributed by atoms with E-state index in [2.05, 4.69) is 22.9 Å². The van der Waals surface area contributed by atoms with Gasteiger partial charge >= 0.3 is 5.97 Å². The average molecular weight is 480 g/mol. The topological polar surface area (TPSA) is 26.3 Å². The average Bonchev–Trinajstić information content (AvgIpc) is 2.72. The predicted octanol–water partition coefficient (Wildman–Crippen LogP) is 9.08. The maximum Gasteiger partial charge on any atom is 0.306 e. The Labute approximate surface area is 189 Å². The van der Waals surface area contributed by atoms with Gasteiger partial charge in [0.25, 0.3) is 0 Å². The van der Waals surface area contributed by atoms with Gasteiger partial charge in [-0.05, 0) is 44.9 Å². The molecule has 0 N–H and O–H groups in total. The fraction of sp³-hybridized carbons (Fsp3) is 0.960. The number of carbonyl (C=O) groups excluding carboxylic acids is 1. The molecular weight excluding hydrogens is 431 g/mol. The van der Waals surface area contributed by atoms with Gasteiger partial charge in [-0.15, -0.1) is 0 Å². The quantitative estimate of drug-likeness (QED) is 0.0830. The van der Waals surface area contributed by atoms with Gasteiger partial charge in [0.05, 0.1) is 6.67 Å². The maximum atomic E-state index is 12.3. The number of carbonyl (C=O) groups is 1. The number of alkyl halides is 2. The largest absolute Gasteiger partial charge is 0.462 e. The smallest absolute Gasteiger partial charge is 0.306 e. The summed E-state index contributed by atoms with van der Waals surface area (Å²) >= 11 is 3.46. The Bertz CT molecular complexity index is 339. The first kappa shape index (κ1) is 28.9. The van der Waals surface area contributed by atoms with Gasteiger partial charge in [-0.25, -0.2) is 0 Å². The molecule has 0 saturated heterocycles. The second-order valence-corrected chi connectivity index (χ2v) is 9.27. The molecule has 1 unspecified atom stereocenters. The van der Waals surface area contributed by atoms with E-state index in [1.807, 2.05) is 0 Å². The number of hydrogen-bond donors (Lipinski definition) is 0. The van der Waals surface area contributed by atoms with E-state index in [1.165, 1.54) is 70.6 Å². The minimum atomic E-state index is -0.188. The zero-order chi connectivity index (χ0) is 21.4. The minimum absolute atomic E-state index is 0.00409. The molecule has 0 aromatic heterocycles. The summed E-state index contributed by atoms with van der Waals surface area (Å²) in [7, 11) is 0. The summed E-state index contributed by atoms with van der Waals surface area (Å²) in [4.78, 5) is 12.3. The van der Waals surface area contributed by atoms with Crippen LogP contribution in [0.3, 0.4) is 0 Å². The van der Waals surface area contributed by atoms with Crippen LogP contribution in [0.1, 0.15) is 135 Å². The van der Waals surface area contributed by atoms with Crippen LogP contribution in [0, 0.1) is 0 Å². The first-order chi connectivity index (χ1) is 14.2. The fourth-order valence-electron chi connectivity index (χ4n) is 3.73. The van der Waals surface area contributed by atoms with E-state index in [-0.39, 0.29) is 18.7 Å². The number of halogens is 2. The molecule has 0 rings (SSSR count). The van der Waals surface area contributed by atoms with Crippen molar-refractivity contribution < 1.29 is 13.9 Å². The minimum Gasteiger partial charge on any atom is -0.462 e. The van der Waals surface area contributed by atoms with Crippen molar-refractivity contribution in [2.24, 2.45) is 0 Å². The Balaban J connectivity index is 4.00. The van der Waals surface area contributed by atoms with Gasteiger partial charge in [0, 0.05) is 11.8 Å². The van der Waals surface area contributed by atoms with Crippen molar-refractivity contribution in [2.75, 3.05) is 12.0 Å². The molecular formula is C25H48BrFO2. The van der Waals surface area contributed by atoms with Crippen molar-refractivity contribution in [3.05, 3.63) is 0 Å². The van der Waals surface area contributed by atoms with Crippen LogP contribution in [-0.4, -0.2) is 24.1 Å². The lowest BCUT2D eigenvalue weighted by molar-refractivity contribution is -0.150. The van der Waals surface area contributed by atoms with Crippen molar-refractivity contribution in [3.8, 4) is 0 Å². The summed E-state index contributed by atoms with van der Waals surface area (Å²) in [5.41, 5.74) is 0. The Kier molecular flexibility index (Phi) is 24.1. The third kappa shape index (κ3) is 22.4. The second-order valence-electron chi connectivity index (χ2n) is 8.47. The van der Waals surface area contributed by atoms with E-state index < -0.39 is 0 Å². The molecule has 1 atom stereocenters. The van der Waals surface area contributed by atoms with E-state index in [1.54, 1.807) is 0 Å². The molecule has 0 bridgehead atoms. The number of hydrogen-bond acceptors (Lipinski definition) is 2. The summed E-state index contributed by atoms with van der Waals surface area (Å²) in [6, 6.07) is 0. The van der Waals surface area contributed by atoms with Crippen molar-refractivity contribution in [2.45, 2.75) is 141 Å². The molecule has 0 aliphatic rings. The molecule has 0 radical (unpaired) electrons. The maximum absolute atomic E-state index is 12.3. The van der Waals surface area contributed by atoms with Gasteiger partial charge in [-0.2, -0.15) is 0 Å². The zero-order valence-electron chi connectivity index (χ0n) is 19.2. The highest BCUT2D eigenvalue weighted by Crippen LogP contribution is 2.18. The van der Waals surface area contributed by atoms with Crippen LogP contribution in [0.4, 0.5) is 4.39 Å². The lowest BCUT2D eigenvalue weighted by Crippen LogP contribution is -2.18. The number of esters is 1. The van der Waals surface area contributed by atoms with E-state index in [0.717, 1.165) is 50.3 Å². The van der Waals surface area contributed by atoms with E-state index in [4.69, 9.17) is 4.74 Å². The molecule has 0 aromatic rings. The van der Waals surface area contributed by atoms with Gasteiger partial charge in [-0.1, -0.05) is 99.9 Å². The summed E-state index contributed by atoms with van der Waals surface area (Å²) in [6.07, 6.45) is 22.4. The molecule has 174 valence electrons. The third-order valence-corrected chi connectivity index (χ3v) is 6.16. The Morgan fingerprint density at radius 2 is 1.21 bits per heavy atom. The fourth-order valence-corrected chi connectivity index (χ4v) is 4.12. The van der Waals surface area contributed by atoms with Gasteiger partial charge in [0.1, 0.15) is 6.10 Å². The summed E-state index contributed by atoms with van der Waals surface area (Å²) in [6.45, 7) is 2.06. The standard InChI is InChI=1S/C25H48BrFO2/c1-2-3-4-5-9-14-19-24(20-15-10-6-7-13-18-23-27)29-25(28)21-16-11-8-12-17-22-26/h24H,2-23H2,1H3. The van der Waals surface area contributed by atoms with Crippen LogP contribution in [-0.2, 0) is 9.53 Å². The van der Waals surface area contributed by atoms with Crippen LogP contribution >= 0.6 is 15.9 Å². The molecule has 0 fully saturated rings. The van der Waals surface area contributed by atoms with Gasteiger partial charge in [0.2, 0.25) is 0 Å². The molecule has 0 aliphatic carbocycles. The summed E-state index contributed by atoms with van der Waals surface area (Å²) < 4.78 is 18.0. The van der Waals surface area contributed by atoms with Crippen molar-refractivity contribution >= 4 is 21.9 Å². The zero-order valence-corrected chi connectivity index (χ0v) is 20.8. The Hall–Kier alpha value is -0.120. The number of rotatable bonds is 23. The van der Waals surface area contributed by atoms with Crippen LogP contribution in [0.15, 0.2) is 0 Å². The second kappa shape index (κ2) is 24.2. The summed E-state index contributed by atoms with van der Waals surface area (Å²) in [5, 5.41) is 1.07. The van der Waals surface area contributed by atoms with Crippen LogP contribution < -0.4 is 0 Å². The molecule has 0 spiro atoms. The molecule has 0 saturated carbocycles. The molecule has 0 aromatic carbocycles. The highest BCUT2D eigenvalue weighted by atomic mass is 79.9. The van der Waals surface area contributed by atoms with Crippen molar-refractivity contribution in [1.82, 2.24) is 0 Å². The van der Waals surface area contributed by atoms with Gasteiger partial charge in [-0.3, -0.25) is 9.18 Å². The molecule has 0 amide bonds. The Morgan fingerprint density at radius 3 is 1.76 bits per heavy atom. The predicted molar refractivity (Wildman–Crippen MR) is 128 cm³/mol. The van der Waals surface area contributed by atoms with Crippen molar-refractivity contribution in [1.29, 1.82) is 0 Å². The van der Waals surface area contributed by atoms with Crippen LogP contribution in [0.25, 0.3) is 0 Å². The van der Waals surface area contributed by atoms with Crippen molar-refractivity contribution in [3.63, 3.8) is 0 Å². The normalized spacial score (nSPS) is 12.2. The Morgan fingerprint density at radius 1 is 0.724 bits per heavy atom. The molecule has 0 heterocycles. The first-order valence-electron chi connectivity index (χ1n) is 12.6. The molecule has 4 heteroatoms. The highest BCUT2D eigenvalue weighted by Gasteiger charge is 2.14. The molecule has 2 nitrogen and oxygen atoms in total. The van der Waals surface area contributed by atoms with Crippen LogP contribution in [0.2, 0.25) is 0 Å². The summed E-state index contributed by atoms with van der Waals surface area (Å²) in [5.74, 6) is 0.00409. The number of unbranched alkanes of at least 4 members (excludes halogenated alkanes) is 14. The van der Waals surface area contributed by atoms with Gasteiger partial charge < -0.3 is 4.74 Å². The lowest BCUT2D eigenvalue weighted by atomic mass is 10.0. The van der Waals surface area contributed by atoms with Gasteiger partial charge in [0.15, 0.2) is 0 Å². The van der Waals surface area contributed by atoms with E-state index >= 15 is 0 Å². The highest BCUT2D eigenvalue weighted by molar-refractivity contribution is 9.09. The molecule has 0 aliphatic heterocycles. The first-order valence-corrected chi connectivity index (χ1v) is 13.7.